The van der Waals surface area contributed by atoms with E-state index in [-0.39, 0.29) is 0 Å². The molecule has 1 aromatic carbocycles. The van der Waals surface area contributed by atoms with Crippen LogP contribution in [0, 0.1) is 5.92 Å². The van der Waals surface area contributed by atoms with E-state index in [9.17, 15) is 4.79 Å². The fourth-order valence-corrected chi connectivity index (χ4v) is 2.82. The Balaban J connectivity index is 2.13. The molecule has 1 saturated heterocycles. The number of piperidine rings is 1. The van der Waals surface area contributed by atoms with Gasteiger partial charge >= 0.3 is 0 Å². The van der Waals surface area contributed by atoms with Crippen LogP contribution in [0.15, 0.2) is 18.2 Å². The molecule has 3 nitrogen and oxygen atoms in total. The fourth-order valence-electron chi connectivity index (χ4n) is 2.51. The molecule has 1 atom stereocenters. The van der Waals surface area contributed by atoms with Gasteiger partial charge in [-0.1, -0.05) is 11.6 Å². The number of carbonyl (C=O) groups excluding carboxylic acids is 1. The van der Waals surface area contributed by atoms with Crippen molar-refractivity contribution in [2.24, 2.45) is 5.92 Å². The summed E-state index contributed by atoms with van der Waals surface area (Å²) in [5, 5.41) is 0.651. The van der Waals surface area contributed by atoms with Crippen LogP contribution in [-0.4, -0.2) is 33.1 Å². The van der Waals surface area contributed by atoms with Gasteiger partial charge in [-0.2, -0.15) is 0 Å². The average molecular weight is 268 g/mol. The maximum absolute atomic E-state index is 10.7. The molecule has 1 unspecified atom stereocenters. The predicted molar refractivity (Wildman–Crippen MR) is 73.7 cm³/mol. The van der Waals surface area contributed by atoms with Gasteiger partial charge in [0, 0.05) is 25.8 Å². The largest absolute Gasteiger partial charge is 0.384 e. The predicted octanol–water partition coefficient (Wildman–Crippen LogP) is 3.02. The molecule has 98 valence electrons. The standard InChI is InChI=1S/C14H18ClNO2/c1-18-10-12-3-2-6-16(8-12)14-5-4-11(9-17)7-13(14)15/h4-5,7,9,12H,2-3,6,8,10H2,1H3. The maximum Gasteiger partial charge on any atom is 0.150 e. The molecule has 1 heterocycles. The lowest BCUT2D eigenvalue weighted by Crippen LogP contribution is -2.37. The van der Waals surface area contributed by atoms with Crippen LogP contribution in [0.3, 0.4) is 0 Å². The number of aldehydes is 1. The number of halogens is 1. The monoisotopic (exact) mass is 267 g/mol. The minimum absolute atomic E-state index is 0.561. The number of hydrogen-bond donors (Lipinski definition) is 0. The van der Waals surface area contributed by atoms with Crippen molar-refractivity contribution in [3.8, 4) is 0 Å². The van der Waals surface area contributed by atoms with E-state index in [1.807, 2.05) is 12.1 Å². The van der Waals surface area contributed by atoms with Crippen LogP contribution in [0.4, 0.5) is 5.69 Å². The Morgan fingerprint density at radius 2 is 2.39 bits per heavy atom. The molecule has 0 spiro atoms. The van der Waals surface area contributed by atoms with Crippen molar-refractivity contribution in [3.05, 3.63) is 28.8 Å². The molecule has 1 aliphatic rings. The number of carbonyl (C=O) groups is 1. The first-order chi connectivity index (χ1) is 8.74. The zero-order valence-electron chi connectivity index (χ0n) is 10.6. The van der Waals surface area contributed by atoms with Crippen molar-refractivity contribution in [1.29, 1.82) is 0 Å². The van der Waals surface area contributed by atoms with E-state index in [4.69, 9.17) is 16.3 Å². The Hall–Kier alpha value is -1.06. The molecule has 0 radical (unpaired) electrons. The van der Waals surface area contributed by atoms with Crippen molar-refractivity contribution in [3.63, 3.8) is 0 Å². The Labute approximate surface area is 113 Å². The first-order valence-corrected chi connectivity index (χ1v) is 6.61. The first kappa shape index (κ1) is 13.4. The zero-order valence-corrected chi connectivity index (χ0v) is 11.3. The summed E-state index contributed by atoms with van der Waals surface area (Å²) in [4.78, 5) is 13.0. The summed E-state index contributed by atoms with van der Waals surface area (Å²) < 4.78 is 5.23. The summed E-state index contributed by atoms with van der Waals surface area (Å²) >= 11 is 6.23. The number of methoxy groups -OCH3 is 1. The molecular weight excluding hydrogens is 250 g/mol. The summed E-state index contributed by atoms with van der Waals surface area (Å²) in [5.41, 5.74) is 1.64. The van der Waals surface area contributed by atoms with Gasteiger partial charge in [0.05, 0.1) is 17.3 Å². The second-order valence-corrected chi connectivity index (χ2v) is 5.15. The molecule has 2 rings (SSSR count). The van der Waals surface area contributed by atoms with E-state index < -0.39 is 0 Å². The van der Waals surface area contributed by atoms with Gasteiger partial charge in [0.1, 0.15) is 6.29 Å². The van der Waals surface area contributed by atoms with Gasteiger partial charge in [-0.05, 0) is 37.0 Å². The smallest absolute Gasteiger partial charge is 0.150 e. The van der Waals surface area contributed by atoms with Gasteiger partial charge in [-0.3, -0.25) is 4.79 Å². The molecule has 4 heteroatoms. The van der Waals surface area contributed by atoms with E-state index >= 15 is 0 Å². The first-order valence-electron chi connectivity index (χ1n) is 6.23. The van der Waals surface area contributed by atoms with E-state index in [1.165, 1.54) is 6.42 Å². The highest BCUT2D eigenvalue weighted by Gasteiger charge is 2.21. The van der Waals surface area contributed by atoms with Crippen molar-refractivity contribution in [1.82, 2.24) is 0 Å². The molecule has 0 saturated carbocycles. The molecule has 0 bridgehead atoms. The molecule has 1 aliphatic heterocycles. The SMILES string of the molecule is COCC1CCCN(c2ccc(C=O)cc2Cl)C1. The number of anilines is 1. The van der Waals surface area contributed by atoms with Gasteiger partial charge in [-0.15, -0.1) is 0 Å². The number of benzene rings is 1. The maximum atomic E-state index is 10.7. The lowest BCUT2D eigenvalue weighted by atomic mass is 9.98. The van der Waals surface area contributed by atoms with Crippen LogP contribution in [0.25, 0.3) is 0 Å². The van der Waals surface area contributed by atoms with Gasteiger partial charge in [0.2, 0.25) is 0 Å². The van der Waals surface area contributed by atoms with Crippen LogP contribution in [0.1, 0.15) is 23.2 Å². The topological polar surface area (TPSA) is 29.5 Å². The highest BCUT2D eigenvalue weighted by Crippen LogP contribution is 2.30. The second-order valence-electron chi connectivity index (χ2n) is 4.74. The van der Waals surface area contributed by atoms with Crippen LogP contribution >= 0.6 is 11.6 Å². The third-order valence-corrected chi connectivity index (χ3v) is 3.67. The third-order valence-electron chi connectivity index (χ3n) is 3.37. The molecule has 1 fully saturated rings. The third kappa shape index (κ3) is 3.03. The second kappa shape index (κ2) is 6.21. The van der Waals surface area contributed by atoms with Crippen LogP contribution in [0.5, 0.6) is 0 Å². The van der Waals surface area contributed by atoms with Crippen LogP contribution in [0.2, 0.25) is 5.02 Å². The normalized spacial score (nSPS) is 19.9. The molecule has 18 heavy (non-hydrogen) atoms. The highest BCUT2D eigenvalue weighted by atomic mass is 35.5. The summed E-state index contributed by atoms with van der Waals surface area (Å²) in [6, 6.07) is 5.47. The lowest BCUT2D eigenvalue weighted by molar-refractivity contribution is 0.112. The fraction of sp³-hybridized carbons (Fsp3) is 0.500. The summed E-state index contributed by atoms with van der Waals surface area (Å²) in [6.07, 6.45) is 3.17. The molecule has 0 aromatic heterocycles. The zero-order chi connectivity index (χ0) is 13.0. The average Bonchev–Trinajstić information content (AvgIpc) is 2.39. The van der Waals surface area contributed by atoms with Gasteiger partial charge < -0.3 is 9.64 Å². The van der Waals surface area contributed by atoms with Crippen LogP contribution in [-0.2, 0) is 4.74 Å². The van der Waals surface area contributed by atoms with Crippen LogP contribution < -0.4 is 4.90 Å². The Kier molecular flexibility index (Phi) is 4.61. The van der Waals surface area contributed by atoms with Gasteiger partial charge in [0.15, 0.2) is 0 Å². The van der Waals surface area contributed by atoms with Crippen molar-refractivity contribution < 1.29 is 9.53 Å². The van der Waals surface area contributed by atoms with Crippen molar-refractivity contribution in [2.45, 2.75) is 12.8 Å². The van der Waals surface area contributed by atoms with Crippen molar-refractivity contribution >= 4 is 23.6 Å². The minimum atomic E-state index is 0.561. The Morgan fingerprint density at radius 1 is 1.56 bits per heavy atom. The lowest BCUT2D eigenvalue weighted by Gasteiger charge is -2.34. The van der Waals surface area contributed by atoms with E-state index in [0.29, 0.717) is 16.5 Å². The highest BCUT2D eigenvalue weighted by molar-refractivity contribution is 6.33. The van der Waals surface area contributed by atoms with E-state index in [1.54, 1.807) is 13.2 Å². The molecule has 0 N–H and O–H groups in total. The quantitative estimate of drug-likeness (QED) is 0.786. The number of nitrogens with zero attached hydrogens (tertiary/aromatic N) is 1. The van der Waals surface area contributed by atoms with Gasteiger partial charge in [-0.25, -0.2) is 0 Å². The minimum Gasteiger partial charge on any atom is -0.384 e. The molecule has 0 aliphatic carbocycles. The Bertz CT molecular complexity index is 420. The Morgan fingerprint density at radius 3 is 3.06 bits per heavy atom. The number of rotatable bonds is 4. The summed E-state index contributed by atoms with van der Waals surface area (Å²) in [5.74, 6) is 0.561. The summed E-state index contributed by atoms with van der Waals surface area (Å²) in [6.45, 7) is 2.77. The van der Waals surface area contributed by atoms with Crippen molar-refractivity contribution in [2.75, 3.05) is 31.7 Å². The number of hydrogen-bond acceptors (Lipinski definition) is 3. The molecule has 0 amide bonds. The van der Waals surface area contributed by atoms with E-state index in [0.717, 1.165) is 38.1 Å². The van der Waals surface area contributed by atoms with E-state index in [2.05, 4.69) is 4.90 Å². The summed E-state index contributed by atoms with van der Waals surface area (Å²) in [7, 11) is 1.74. The van der Waals surface area contributed by atoms with Gasteiger partial charge in [0.25, 0.3) is 0 Å². The molecule has 1 aromatic rings. The molecular formula is C14H18ClNO2. The number of ether oxygens (including phenoxy) is 1.